The van der Waals surface area contributed by atoms with Crippen molar-refractivity contribution in [2.24, 2.45) is 0 Å². The second-order valence-corrected chi connectivity index (χ2v) is 8.63. The van der Waals surface area contributed by atoms with Crippen molar-refractivity contribution in [2.75, 3.05) is 17.7 Å². The average molecular weight is 405 g/mol. The SMILES string of the molecule is Cc1nnc(SCC(=O)C=C2N(C)c3ccccc3C2(C)C)n1-c1ccccc1. The molecule has 0 unspecified atom stereocenters. The third-order valence-corrected chi connectivity index (χ3v) is 6.34. The van der Waals surface area contributed by atoms with E-state index in [4.69, 9.17) is 0 Å². The lowest BCUT2D eigenvalue weighted by atomic mass is 9.83. The minimum absolute atomic E-state index is 0.0676. The zero-order valence-corrected chi connectivity index (χ0v) is 17.9. The Balaban J connectivity index is 1.54. The van der Waals surface area contributed by atoms with Crippen LogP contribution in [0.4, 0.5) is 5.69 Å². The van der Waals surface area contributed by atoms with E-state index in [9.17, 15) is 4.79 Å². The molecule has 5 nitrogen and oxygen atoms in total. The minimum Gasteiger partial charge on any atom is -0.347 e. The smallest absolute Gasteiger partial charge is 0.196 e. The van der Waals surface area contributed by atoms with Gasteiger partial charge in [-0.15, -0.1) is 10.2 Å². The van der Waals surface area contributed by atoms with Crippen molar-refractivity contribution in [2.45, 2.75) is 31.3 Å². The Morgan fingerprint density at radius 1 is 1.07 bits per heavy atom. The van der Waals surface area contributed by atoms with Crippen LogP contribution in [0.15, 0.2) is 71.5 Å². The number of nitrogens with zero attached hydrogens (tertiary/aromatic N) is 4. The van der Waals surface area contributed by atoms with Crippen molar-refractivity contribution in [1.82, 2.24) is 14.8 Å². The number of hydrogen-bond donors (Lipinski definition) is 0. The van der Waals surface area contributed by atoms with E-state index in [0.29, 0.717) is 5.75 Å². The largest absolute Gasteiger partial charge is 0.347 e. The van der Waals surface area contributed by atoms with E-state index >= 15 is 0 Å². The lowest BCUT2D eigenvalue weighted by Crippen LogP contribution is -2.24. The second-order valence-electron chi connectivity index (χ2n) is 7.69. The monoisotopic (exact) mass is 404 g/mol. The molecule has 3 aromatic rings. The summed E-state index contributed by atoms with van der Waals surface area (Å²) in [6.45, 7) is 6.25. The number of likely N-dealkylation sites (N-methyl/N-ethyl adjacent to an activating group) is 1. The first kappa shape index (κ1) is 19.5. The highest BCUT2D eigenvalue weighted by atomic mass is 32.2. The summed E-state index contributed by atoms with van der Waals surface area (Å²) in [5.74, 6) is 1.18. The summed E-state index contributed by atoms with van der Waals surface area (Å²) in [5, 5.41) is 9.18. The zero-order valence-electron chi connectivity index (χ0n) is 17.1. The molecule has 0 spiro atoms. The van der Waals surface area contributed by atoms with Gasteiger partial charge >= 0.3 is 0 Å². The summed E-state index contributed by atoms with van der Waals surface area (Å²) in [6, 6.07) is 18.3. The molecule has 4 rings (SSSR count). The highest BCUT2D eigenvalue weighted by Crippen LogP contribution is 2.46. The van der Waals surface area contributed by atoms with Crippen molar-refractivity contribution in [1.29, 1.82) is 0 Å². The first-order valence-electron chi connectivity index (χ1n) is 9.58. The summed E-state index contributed by atoms with van der Waals surface area (Å²) < 4.78 is 1.98. The third kappa shape index (κ3) is 3.49. The van der Waals surface area contributed by atoms with Crippen molar-refractivity contribution in [3.8, 4) is 5.69 Å². The summed E-state index contributed by atoms with van der Waals surface area (Å²) in [5.41, 5.74) is 4.21. The fourth-order valence-electron chi connectivity index (χ4n) is 3.90. The second kappa shape index (κ2) is 7.52. The number of anilines is 1. The molecule has 0 aliphatic carbocycles. The van der Waals surface area contributed by atoms with Gasteiger partial charge in [0.1, 0.15) is 5.82 Å². The quantitative estimate of drug-likeness (QED) is 0.461. The molecule has 2 heterocycles. The lowest BCUT2D eigenvalue weighted by molar-refractivity contribution is -0.112. The number of hydrogen-bond acceptors (Lipinski definition) is 5. The topological polar surface area (TPSA) is 51.0 Å². The Labute approximate surface area is 175 Å². The van der Waals surface area contributed by atoms with Crippen LogP contribution in [0.25, 0.3) is 5.69 Å². The molecule has 0 amide bonds. The van der Waals surface area contributed by atoms with E-state index in [1.165, 1.54) is 17.3 Å². The fraction of sp³-hybridized carbons (Fsp3) is 0.261. The van der Waals surface area contributed by atoms with Gasteiger partial charge in [-0.2, -0.15) is 0 Å². The molecule has 1 aliphatic rings. The Morgan fingerprint density at radius 2 is 1.76 bits per heavy atom. The number of carbonyl (C=O) groups excluding carboxylic acids is 1. The highest BCUT2D eigenvalue weighted by molar-refractivity contribution is 7.99. The van der Waals surface area contributed by atoms with Crippen molar-refractivity contribution in [3.63, 3.8) is 0 Å². The highest BCUT2D eigenvalue weighted by Gasteiger charge is 2.38. The maximum absolute atomic E-state index is 12.8. The molecular formula is C23H24N4OS. The van der Waals surface area contributed by atoms with Crippen LogP contribution in [0.2, 0.25) is 0 Å². The molecule has 2 aromatic carbocycles. The molecule has 148 valence electrons. The minimum atomic E-state index is -0.202. The lowest BCUT2D eigenvalue weighted by Gasteiger charge is -2.23. The Bertz CT molecular complexity index is 1090. The van der Waals surface area contributed by atoms with Gasteiger partial charge in [0.2, 0.25) is 0 Å². The number of allylic oxidation sites excluding steroid dienone is 2. The standard InChI is InChI=1S/C23H24N4OS/c1-16-24-25-22(27(16)17-10-6-5-7-11-17)29-15-18(28)14-21-23(2,3)19-12-8-9-13-20(19)26(21)4/h5-14H,15H2,1-4H3. The molecule has 1 aliphatic heterocycles. The molecule has 0 atom stereocenters. The van der Waals surface area contributed by atoms with Gasteiger partial charge in [0.05, 0.1) is 5.75 Å². The van der Waals surface area contributed by atoms with Crippen LogP contribution >= 0.6 is 11.8 Å². The molecule has 0 N–H and O–H groups in total. The normalized spacial score (nSPS) is 16.3. The van der Waals surface area contributed by atoms with Crippen LogP contribution in [-0.4, -0.2) is 33.3 Å². The van der Waals surface area contributed by atoms with Gasteiger partial charge in [-0.05, 0) is 30.7 Å². The van der Waals surface area contributed by atoms with E-state index < -0.39 is 0 Å². The van der Waals surface area contributed by atoms with Crippen LogP contribution in [0.5, 0.6) is 0 Å². The molecule has 1 aromatic heterocycles. The Kier molecular flexibility index (Phi) is 5.04. The first-order valence-corrected chi connectivity index (χ1v) is 10.6. The van der Waals surface area contributed by atoms with E-state index in [-0.39, 0.29) is 11.2 Å². The number of fused-ring (bicyclic) bond motifs is 1. The number of benzene rings is 2. The van der Waals surface area contributed by atoms with Gasteiger partial charge in [-0.1, -0.05) is 62.0 Å². The predicted molar refractivity (Wildman–Crippen MR) is 118 cm³/mol. The molecule has 29 heavy (non-hydrogen) atoms. The summed E-state index contributed by atoms with van der Waals surface area (Å²) in [6.07, 6.45) is 1.78. The van der Waals surface area contributed by atoms with Crippen LogP contribution in [-0.2, 0) is 10.2 Å². The number of thioether (sulfide) groups is 1. The average Bonchev–Trinajstić information content (AvgIpc) is 3.18. The summed E-state index contributed by atoms with van der Waals surface area (Å²) in [7, 11) is 2.02. The summed E-state index contributed by atoms with van der Waals surface area (Å²) >= 11 is 1.42. The van der Waals surface area contributed by atoms with Gasteiger partial charge in [0, 0.05) is 35.6 Å². The number of carbonyl (C=O) groups is 1. The Hall–Kier alpha value is -2.86. The van der Waals surface area contributed by atoms with Crippen LogP contribution in [0, 0.1) is 6.92 Å². The molecule has 0 bridgehead atoms. The number of rotatable bonds is 5. The van der Waals surface area contributed by atoms with Crippen LogP contribution in [0.1, 0.15) is 25.2 Å². The molecule has 0 saturated heterocycles. The number of aryl methyl sites for hydroxylation is 1. The zero-order chi connectivity index (χ0) is 20.6. The van der Waals surface area contributed by atoms with Crippen molar-refractivity contribution in [3.05, 3.63) is 77.8 Å². The number of aromatic nitrogens is 3. The first-order chi connectivity index (χ1) is 13.9. The van der Waals surface area contributed by atoms with Gasteiger partial charge in [0.25, 0.3) is 0 Å². The maximum Gasteiger partial charge on any atom is 0.196 e. The van der Waals surface area contributed by atoms with E-state index in [0.717, 1.165) is 28.1 Å². The molecule has 0 radical (unpaired) electrons. The van der Waals surface area contributed by atoms with Gasteiger partial charge in [-0.25, -0.2) is 0 Å². The van der Waals surface area contributed by atoms with E-state index in [2.05, 4.69) is 41.1 Å². The molecule has 6 heteroatoms. The number of ketones is 1. The van der Waals surface area contributed by atoms with Crippen LogP contribution < -0.4 is 4.90 Å². The molecule has 0 fully saturated rings. The fourth-order valence-corrected chi connectivity index (χ4v) is 4.72. The van der Waals surface area contributed by atoms with Crippen molar-refractivity contribution < 1.29 is 4.79 Å². The van der Waals surface area contributed by atoms with Gasteiger partial charge in [0.15, 0.2) is 10.9 Å². The maximum atomic E-state index is 12.8. The van der Waals surface area contributed by atoms with Crippen molar-refractivity contribution >= 4 is 23.2 Å². The summed E-state index contributed by atoms with van der Waals surface area (Å²) in [4.78, 5) is 14.9. The van der Waals surface area contributed by atoms with Gasteiger partial charge < -0.3 is 4.90 Å². The predicted octanol–water partition coefficient (Wildman–Crippen LogP) is 4.55. The van der Waals surface area contributed by atoms with Crippen LogP contribution in [0.3, 0.4) is 0 Å². The Morgan fingerprint density at radius 3 is 2.48 bits per heavy atom. The van der Waals surface area contributed by atoms with E-state index in [1.807, 2.05) is 61.0 Å². The molecule has 0 saturated carbocycles. The van der Waals surface area contributed by atoms with E-state index in [1.54, 1.807) is 6.08 Å². The van der Waals surface area contributed by atoms with Gasteiger partial charge in [-0.3, -0.25) is 9.36 Å². The molecular weight excluding hydrogens is 380 g/mol. The third-order valence-electron chi connectivity index (χ3n) is 5.39. The number of para-hydroxylation sites is 2.